The molecule has 5 heteroatoms. The number of nitriles is 1. The molecule has 0 N–H and O–H groups in total. The van der Waals surface area contributed by atoms with Crippen molar-refractivity contribution in [2.75, 3.05) is 0 Å². The molecule has 0 spiro atoms. The van der Waals surface area contributed by atoms with Crippen LogP contribution in [-0.4, -0.2) is 14.4 Å². The van der Waals surface area contributed by atoms with Crippen molar-refractivity contribution in [3.05, 3.63) is 52.9 Å². The predicted molar refractivity (Wildman–Crippen MR) is 70.8 cm³/mol. The third-order valence-electron chi connectivity index (χ3n) is 2.58. The van der Waals surface area contributed by atoms with Crippen molar-refractivity contribution in [1.82, 2.24) is 14.4 Å². The van der Waals surface area contributed by atoms with Gasteiger partial charge in [-0.25, -0.2) is 9.97 Å². The Bertz CT molecular complexity index is 770. The number of pyridine rings is 2. The Hall–Kier alpha value is -2.19. The van der Waals surface area contributed by atoms with Gasteiger partial charge in [0.05, 0.1) is 11.7 Å². The SMILES string of the molecule is N#Cc1cccc(-c2ncc3ccc(Br)cn23)n1. The molecule has 0 amide bonds. The predicted octanol–water partition coefficient (Wildman–Crippen LogP) is 3.03. The van der Waals surface area contributed by atoms with Crippen LogP contribution in [-0.2, 0) is 0 Å². The summed E-state index contributed by atoms with van der Waals surface area (Å²) < 4.78 is 2.90. The lowest BCUT2D eigenvalue weighted by molar-refractivity contribution is 1.12. The zero-order valence-corrected chi connectivity index (χ0v) is 10.8. The van der Waals surface area contributed by atoms with E-state index in [4.69, 9.17) is 5.26 Å². The molecule has 0 radical (unpaired) electrons. The van der Waals surface area contributed by atoms with Crippen LogP contribution in [0.3, 0.4) is 0 Å². The molecule has 18 heavy (non-hydrogen) atoms. The quantitative estimate of drug-likeness (QED) is 0.694. The van der Waals surface area contributed by atoms with E-state index < -0.39 is 0 Å². The maximum atomic E-state index is 8.87. The van der Waals surface area contributed by atoms with Gasteiger partial charge >= 0.3 is 0 Å². The summed E-state index contributed by atoms with van der Waals surface area (Å²) in [5.74, 6) is 0.725. The third-order valence-corrected chi connectivity index (χ3v) is 3.05. The highest BCUT2D eigenvalue weighted by Gasteiger charge is 2.08. The van der Waals surface area contributed by atoms with E-state index in [-0.39, 0.29) is 0 Å². The molecule has 0 unspecified atom stereocenters. The first kappa shape index (κ1) is 10.9. The molecule has 0 fully saturated rings. The van der Waals surface area contributed by atoms with E-state index in [2.05, 4.69) is 25.9 Å². The van der Waals surface area contributed by atoms with Gasteiger partial charge in [-0.1, -0.05) is 6.07 Å². The zero-order valence-electron chi connectivity index (χ0n) is 9.21. The minimum atomic E-state index is 0.388. The summed E-state index contributed by atoms with van der Waals surface area (Å²) in [7, 11) is 0. The fourth-order valence-corrected chi connectivity index (χ4v) is 2.11. The first-order valence-electron chi connectivity index (χ1n) is 5.28. The molecule has 0 atom stereocenters. The third kappa shape index (κ3) is 1.77. The van der Waals surface area contributed by atoms with Crippen molar-refractivity contribution < 1.29 is 0 Å². The number of hydrogen-bond donors (Lipinski definition) is 0. The van der Waals surface area contributed by atoms with Crippen LogP contribution in [0.5, 0.6) is 0 Å². The Balaban J connectivity index is 2.25. The molecular formula is C13H7BrN4. The number of fused-ring (bicyclic) bond motifs is 1. The number of aromatic nitrogens is 3. The molecule has 86 valence electrons. The van der Waals surface area contributed by atoms with E-state index in [1.165, 1.54) is 0 Å². The van der Waals surface area contributed by atoms with Crippen molar-refractivity contribution >= 4 is 21.4 Å². The Morgan fingerprint density at radius 1 is 1.22 bits per heavy atom. The summed E-state index contributed by atoms with van der Waals surface area (Å²) in [6.07, 6.45) is 3.71. The fraction of sp³-hybridized carbons (Fsp3) is 0. The molecule has 3 aromatic rings. The van der Waals surface area contributed by atoms with E-state index >= 15 is 0 Å². The molecule has 0 saturated carbocycles. The second kappa shape index (κ2) is 4.24. The van der Waals surface area contributed by atoms with Gasteiger partial charge in [0.2, 0.25) is 0 Å². The molecule has 0 aliphatic heterocycles. The molecule has 3 aromatic heterocycles. The van der Waals surface area contributed by atoms with Crippen LogP contribution in [0.15, 0.2) is 47.2 Å². The Morgan fingerprint density at radius 3 is 2.94 bits per heavy atom. The van der Waals surface area contributed by atoms with E-state index in [1.54, 1.807) is 18.3 Å². The van der Waals surface area contributed by atoms with Crippen LogP contribution in [0, 0.1) is 11.3 Å². The Kier molecular flexibility index (Phi) is 2.58. The lowest BCUT2D eigenvalue weighted by Crippen LogP contribution is -1.93. The van der Waals surface area contributed by atoms with Gasteiger partial charge in [-0.05, 0) is 40.2 Å². The maximum absolute atomic E-state index is 8.87. The van der Waals surface area contributed by atoms with Crippen molar-refractivity contribution in [3.63, 3.8) is 0 Å². The smallest absolute Gasteiger partial charge is 0.163 e. The van der Waals surface area contributed by atoms with E-state index in [0.29, 0.717) is 11.4 Å². The van der Waals surface area contributed by atoms with Crippen LogP contribution in [0.1, 0.15) is 5.69 Å². The van der Waals surface area contributed by atoms with Gasteiger partial charge in [-0.2, -0.15) is 5.26 Å². The van der Waals surface area contributed by atoms with Gasteiger partial charge < -0.3 is 0 Å². The molecule has 4 nitrogen and oxygen atoms in total. The van der Waals surface area contributed by atoms with Crippen molar-refractivity contribution in [1.29, 1.82) is 5.26 Å². The van der Waals surface area contributed by atoms with Crippen molar-refractivity contribution in [2.45, 2.75) is 0 Å². The Morgan fingerprint density at radius 2 is 2.11 bits per heavy atom. The van der Waals surface area contributed by atoms with E-state index in [1.807, 2.05) is 34.9 Å². The van der Waals surface area contributed by atoms with Crippen LogP contribution in [0.2, 0.25) is 0 Å². The monoisotopic (exact) mass is 298 g/mol. The summed E-state index contributed by atoms with van der Waals surface area (Å²) in [5.41, 5.74) is 2.06. The second-order valence-electron chi connectivity index (χ2n) is 3.74. The van der Waals surface area contributed by atoms with Crippen LogP contribution in [0.4, 0.5) is 0 Å². The molecular weight excluding hydrogens is 292 g/mol. The highest BCUT2D eigenvalue weighted by Crippen LogP contribution is 2.20. The number of hydrogen-bond acceptors (Lipinski definition) is 3. The molecule has 3 heterocycles. The first-order chi connectivity index (χ1) is 8.78. The van der Waals surface area contributed by atoms with Gasteiger partial charge in [0.15, 0.2) is 5.82 Å². The molecule has 3 rings (SSSR count). The number of halogens is 1. The molecule has 0 bridgehead atoms. The minimum absolute atomic E-state index is 0.388. The van der Waals surface area contributed by atoms with E-state index in [9.17, 15) is 0 Å². The summed E-state index contributed by atoms with van der Waals surface area (Å²) in [5, 5.41) is 8.87. The van der Waals surface area contributed by atoms with Crippen LogP contribution in [0.25, 0.3) is 17.0 Å². The van der Waals surface area contributed by atoms with Crippen LogP contribution >= 0.6 is 15.9 Å². The van der Waals surface area contributed by atoms with Gasteiger partial charge in [-0.15, -0.1) is 0 Å². The highest BCUT2D eigenvalue weighted by atomic mass is 79.9. The zero-order chi connectivity index (χ0) is 12.5. The lowest BCUT2D eigenvalue weighted by atomic mass is 10.3. The fourth-order valence-electron chi connectivity index (χ4n) is 1.78. The topological polar surface area (TPSA) is 54.0 Å². The van der Waals surface area contributed by atoms with Gasteiger partial charge in [0.25, 0.3) is 0 Å². The normalized spacial score (nSPS) is 10.4. The summed E-state index contributed by atoms with van der Waals surface area (Å²) in [4.78, 5) is 8.61. The first-order valence-corrected chi connectivity index (χ1v) is 6.07. The summed E-state index contributed by atoms with van der Waals surface area (Å²) in [6.45, 7) is 0. The summed E-state index contributed by atoms with van der Waals surface area (Å²) >= 11 is 3.43. The summed E-state index contributed by atoms with van der Waals surface area (Å²) in [6, 6.07) is 11.3. The molecule has 0 aromatic carbocycles. The molecule has 0 aliphatic carbocycles. The standard InChI is InChI=1S/C13H7BrN4/c14-9-4-5-11-7-16-13(18(11)8-9)12-3-1-2-10(6-15)17-12/h1-5,7-8H. The molecule has 0 saturated heterocycles. The average molecular weight is 299 g/mol. The maximum Gasteiger partial charge on any atom is 0.163 e. The van der Waals surface area contributed by atoms with Crippen molar-refractivity contribution in [2.24, 2.45) is 0 Å². The van der Waals surface area contributed by atoms with Crippen molar-refractivity contribution in [3.8, 4) is 17.6 Å². The van der Waals surface area contributed by atoms with E-state index in [0.717, 1.165) is 15.8 Å². The average Bonchev–Trinajstić information content (AvgIpc) is 2.81. The number of imidazole rings is 1. The van der Waals surface area contributed by atoms with Gasteiger partial charge in [0.1, 0.15) is 17.5 Å². The lowest BCUT2D eigenvalue weighted by Gasteiger charge is -2.01. The van der Waals surface area contributed by atoms with Gasteiger partial charge in [0, 0.05) is 10.7 Å². The molecule has 0 aliphatic rings. The minimum Gasteiger partial charge on any atom is -0.297 e. The highest BCUT2D eigenvalue weighted by molar-refractivity contribution is 9.10. The largest absolute Gasteiger partial charge is 0.297 e. The Labute approximate surface area is 112 Å². The number of rotatable bonds is 1. The van der Waals surface area contributed by atoms with Gasteiger partial charge in [-0.3, -0.25) is 4.40 Å². The number of nitrogens with zero attached hydrogens (tertiary/aromatic N) is 4. The second-order valence-corrected chi connectivity index (χ2v) is 4.66. The van der Waals surface area contributed by atoms with Crippen LogP contribution < -0.4 is 0 Å².